The smallest absolute Gasteiger partial charge is 0.232 e. The summed E-state index contributed by atoms with van der Waals surface area (Å²) in [6.07, 6.45) is 6.02. The lowest BCUT2D eigenvalue weighted by atomic mass is 10.1. The van der Waals surface area contributed by atoms with E-state index in [0.29, 0.717) is 19.0 Å². The highest BCUT2D eigenvalue weighted by Crippen LogP contribution is 2.06. The molecule has 1 heterocycles. The van der Waals surface area contributed by atoms with Crippen molar-refractivity contribution in [3.05, 3.63) is 30.7 Å². The summed E-state index contributed by atoms with van der Waals surface area (Å²) in [5.74, 6) is 0.561. The molecule has 4 heteroatoms. The van der Waals surface area contributed by atoms with Crippen molar-refractivity contribution in [1.82, 2.24) is 15.3 Å². The van der Waals surface area contributed by atoms with Crippen LogP contribution in [0.1, 0.15) is 32.9 Å². The van der Waals surface area contributed by atoms with Crippen molar-refractivity contribution in [2.45, 2.75) is 39.3 Å². The Kier molecular flexibility index (Phi) is 5.10. The molecule has 0 aliphatic heterocycles. The van der Waals surface area contributed by atoms with Crippen molar-refractivity contribution in [2.75, 3.05) is 6.61 Å². The van der Waals surface area contributed by atoms with Crippen LogP contribution in [0.4, 0.5) is 0 Å². The first-order valence-corrected chi connectivity index (χ1v) is 5.81. The third kappa shape index (κ3) is 6.02. The van der Waals surface area contributed by atoms with E-state index in [1.807, 2.05) is 6.08 Å². The van der Waals surface area contributed by atoms with Crippen LogP contribution in [-0.2, 0) is 6.54 Å². The molecule has 0 aromatic carbocycles. The molecule has 0 saturated carbocycles. The first-order chi connectivity index (χ1) is 8.01. The van der Waals surface area contributed by atoms with E-state index in [1.54, 1.807) is 12.4 Å². The highest BCUT2D eigenvalue weighted by atomic mass is 16.5. The first-order valence-electron chi connectivity index (χ1n) is 5.81. The van der Waals surface area contributed by atoms with Gasteiger partial charge in [-0.3, -0.25) is 4.98 Å². The second-order valence-corrected chi connectivity index (χ2v) is 4.88. The van der Waals surface area contributed by atoms with Crippen molar-refractivity contribution < 1.29 is 4.74 Å². The van der Waals surface area contributed by atoms with Crippen LogP contribution in [0.15, 0.2) is 25.0 Å². The van der Waals surface area contributed by atoms with Crippen molar-refractivity contribution in [3.8, 4) is 5.88 Å². The van der Waals surface area contributed by atoms with Gasteiger partial charge in [-0.25, -0.2) is 4.98 Å². The fourth-order valence-electron chi connectivity index (χ4n) is 1.11. The molecule has 0 fully saturated rings. The van der Waals surface area contributed by atoms with Crippen LogP contribution < -0.4 is 10.1 Å². The molecule has 0 unspecified atom stereocenters. The molecular formula is C13H21N3O. The Morgan fingerprint density at radius 1 is 1.35 bits per heavy atom. The average Bonchev–Trinajstić information content (AvgIpc) is 2.27. The normalized spacial score (nSPS) is 11.2. The number of nitrogens with one attached hydrogen (secondary N) is 1. The third-order valence-corrected chi connectivity index (χ3v) is 2.05. The molecule has 17 heavy (non-hydrogen) atoms. The Labute approximate surface area is 103 Å². The van der Waals surface area contributed by atoms with Crippen LogP contribution in [-0.4, -0.2) is 22.1 Å². The van der Waals surface area contributed by atoms with Gasteiger partial charge < -0.3 is 10.1 Å². The predicted molar refractivity (Wildman–Crippen MR) is 68.9 cm³/mol. The lowest BCUT2D eigenvalue weighted by Gasteiger charge is -2.19. The Balaban J connectivity index is 2.42. The largest absolute Gasteiger partial charge is 0.476 e. The fraction of sp³-hybridized carbons (Fsp3) is 0.538. The summed E-state index contributed by atoms with van der Waals surface area (Å²) in [5.41, 5.74) is 0.997. The maximum absolute atomic E-state index is 5.38. The van der Waals surface area contributed by atoms with E-state index < -0.39 is 0 Å². The fourth-order valence-corrected chi connectivity index (χ4v) is 1.11. The number of aromatic nitrogens is 2. The SMILES string of the molecule is C=CCCOc1cnc(CNC(C)(C)C)cn1. The van der Waals surface area contributed by atoms with Crippen LogP contribution in [0.25, 0.3) is 0 Å². The molecule has 0 aliphatic carbocycles. The van der Waals surface area contributed by atoms with Crippen LogP contribution in [0.3, 0.4) is 0 Å². The molecule has 94 valence electrons. The number of rotatable bonds is 6. The maximum Gasteiger partial charge on any atom is 0.232 e. The molecule has 0 spiro atoms. The number of hydrogen-bond donors (Lipinski definition) is 1. The van der Waals surface area contributed by atoms with Crippen molar-refractivity contribution in [3.63, 3.8) is 0 Å². The van der Waals surface area contributed by atoms with Crippen LogP contribution in [0.5, 0.6) is 5.88 Å². The van der Waals surface area contributed by atoms with Crippen LogP contribution in [0, 0.1) is 0 Å². The molecule has 1 aromatic heterocycles. The molecule has 0 saturated heterocycles. The second-order valence-electron chi connectivity index (χ2n) is 4.88. The monoisotopic (exact) mass is 235 g/mol. The molecule has 0 bridgehead atoms. The van der Waals surface area contributed by atoms with Gasteiger partial charge in [0.05, 0.1) is 24.7 Å². The topological polar surface area (TPSA) is 47.0 Å². The molecule has 1 N–H and O–H groups in total. The molecule has 1 aromatic rings. The highest BCUT2D eigenvalue weighted by Gasteiger charge is 2.08. The first kappa shape index (κ1) is 13.6. The minimum absolute atomic E-state index is 0.0841. The highest BCUT2D eigenvalue weighted by molar-refractivity contribution is 5.07. The summed E-state index contributed by atoms with van der Waals surface area (Å²) in [7, 11) is 0. The molecule has 0 amide bonds. The molecule has 0 aliphatic rings. The van der Waals surface area contributed by atoms with E-state index >= 15 is 0 Å². The van der Waals surface area contributed by atoms with Gasteiger partial charge in [-0.15, -0.1) is 6.58 Å². The third-order valence-electron chi connectivity index (χ3n) is 2.05. The van der Waals surface area contributed by atoms with Gasteiger partial charge in [0.1, 0.15) is 0 Å². The minimum atomic E-state index is 0.0841. The Hall–Kier alpha value is -1.42. The quantitative estimate of drug-likeness (QED) is 0.607. The average molecular weight is 235 g/mol. The van der Waals surface area contributed by atoms with Crippen LogP contribution >= 0.6 is 0 Å². The molecular weight excluding hydrogens is 214 g/mol. The van der Waals surface area contributed by atoms with Gasteiger partial charge >= 0.3 is 0 Å². The zero-order valence-electron chi connectivity index (χ0n) is 10.9. The van der Waals surface area contributed by atoms with Gasteiger partial charge in [0.25, 0.3) is 0 Å². The summed E-state index contributed by atoms with van der Waals surface area (Å²) in [6.45, 7) is 11.3. The van der Waals surface area contributed by atoms with E-state index in [2.05, 4.69) is 42.6 Å². The van der Waals surface area contributed by atoms with Gasteiger partial charge in [0.2, 0.25) is 5.88 Å². The van der Waals surface area contributed by atoms with E-state index in [0.717, 1.165) is 12.1 Å². The Morgan fingerprint density at radius 2 is 2.12 bits per heavy atom. The molecule has 0 atom stereocenters. The summed E-state index contributed by atoms with van der Waals surface area (Å²) >= 11 is 0. The van der Waals surface area contributed by atoms with Crippen molar-refractivity contribution in [1.29, 1.82) is 0 Å². The van der Waals surface area contributed by atoms with Gasteiger partial charge in [-0.1, -0.05) is 6.08 Å². The zero-order chi connectivity index (χ0) is 12.7. The number of nitrogens with zero attached hydrogens (tertiary/aromatic N) is 2. The van der Waals surface area contributed by atoms with Crippen molar-refractivity contribution in [2.24, 2.45) is 0 Å². The van der Waals surface area contributed by atoms with Gasteiger partial charge in [0.15, 0.2) is 0 Å². The predicted octanol–water partition coefficient (Wildman–Crippen LogP) is 2.32. The lowest BCUT2D eigenvalue weighted by molar-refractivity contribution is 0.310. The maximum atomic E-state index is 5.38. The summed E-state index contributed by atoms with van der Waals surface area (Å²) in [5, 5.41) is 3.35. The van der Waals surface area contributed by atoms with Crippen molar-refractivity contribution >= 4 is 0 Å². The molecule has 1 rings (SSSR count). The Bertz CT molecular complexity index is 341. The number of ether oxygens (including phenoxy) is 1. The molecule has 0 radical (unpaired) electrons. The van der Waals surface area contributed by atoms with E-state index in [-0.39, 0.29) is 5.54 Å². The minimum Gasteiger partial charge on any atom is -0.476 e. The molecule has 4 nitrogen and oxygen atoms in total. The zero-order valence-corrected chi connectivity index (χ0v) is 10.9. The van der Waals surface area contributed by atoms with Gasteiger partial charge in [0, 0.05) is 12.1 Å². The van der Waals surface area contributed by atoms with E-state index in [1.165, 1.54) is 0 Å². The number of hydrogen-bond acceptors (Lipinski definition) is 4. The Morgan fingerprint density at radius 3 is 2.65 bits per heavy atom. The summed E-state index contributed by atoms with van der Waals surface area (Å²) in [6, 6.07) is 0. The van der Waals surface area contributed by atoms with E-state index in [9.17, 15) is 0 Å². The summed E-state index contributed by atoms with van der Waals surface area (Å²) in [4.78, 5) is 8.48. The van der Waals surface area contributed by atoms with Crippen LogP contribution in [0.2, 0.25) is 0 Å². The lowest BCUT2D eigenvalue weighted by Crippen LogP contribution is -2.35. The second kappa shape index (κ2) is 6.35. The summed E-state index contributed by atoms with van der Waals surface area (Å²) < 4.78 is 5.38. The van der Waals surface area contributed by atoms with E-state index in [4.69, 9.17) is 4.74 Å². The van der Waals surface area contributed by atoms with Gasteiger partial charge in [-0.05, 0) is 27.2 Å². The standard InChI is InChI=1S/C13H21N3O/c1-5-6-7-17-12-10-14-11(8-15-12)9-16-13(2,3)4/h5,8,10,16H,1,6-7,9H2,2-4H3. The van der Waals surface area contributed by atoms with Gasteiger partial charge in [-0.2, -0.15) is 0 Å².